The minimum atomic E-state index is -1.81. The first-order chi connectivity index (χ1) is 7.77. The van der Waals surface area contributed by atoms with E-state index >= 15 is 0 Å². The molecule has 0 aromatic rings. The Balaban J connectivity index is 4.99. The summed E-state index contributed by atoms with van der Waals surface area (Å²) in [5.41, 5.74) is 0.322. The molecule has 0 saturated carbocycles. The zero-order valence-electron chi connectivity index (χ0n) is 13.9. The minimum absolute atomic E-state index is 0.312. The van der Waals surface area contributed by atoms with E-state index in [1.54, 1.807) is 0 Å². The topological polar surface area (TPSA) is 9.23 Å². The van der Waals surface area contributed by atoms with Crippen LogP contribution in [0.25, 0.3) is 0 Å². The smallest absolute Gasteiger partial charge is 0.229 e. The predicted octanol–water partition coefficient (Wildman–Crippen LogP) is 4.35. The van der Waals surface area contributed by atoms with Gasteiger partial charge in [-0.15, -0.1) is 0 Å². The molecule has 0 radical (unpaired) electrons. The van der Waals surface area contributed by atoms with Crippen molar-refractivity contribution in [2.75, 3.05) is 0 Å². The van der Waals surface area contributed by atoms with Crippen molar-refractivity contribution in [1.82, 2.24) is 0 Å². The van der Waals surface area contributed by atoms with Crippen molar-refractivity contribution in [2.24, 2.45) is 11.3 Å². The van der Waals surface area contributed by atoms with Gasteiger partial charge in [0.2, 0.25) is 6.98 Å². The molecule has 110 valence electrons. The second kappa shape index (κ2) is 6.46. The molecule has 0 spiro atoms. The maximum atomic E-state index is 6.36. The van der Waals surface area contributed by atoms with Gasteiger partial charge in [0.05, 0.1) is 9.04 Å². The maximum absolute atomic E-state index is 6.36. The number of hydrogen-bond donors (Lipinski definition) is 1. The minimum Gasteiger partial charge on any atom is -0.408 e. The van der Waals surface area contributed by atoms with E-state index in [9.17, 15) is 0 Å². The van der Waals surface area contributed by atoms with Gasteiger partial charge in [0.25, 0.3) is 0 Å². The molecule has 0 saturated heterocycles. The van der Waals surface area contributed by atoms with Crippen LogP contribution < -0.4 is 0 Å². The van der Waals surface area contributed by atoms with Crippen LogP contribution in [0.2, 0.25) is 11.1 Å². The zero-order valence-corrected chi connectivity index (χ0v) is 17.2. The summed E-state index contributed by atoms with van der Waals surface area (Å²) in [4.78, 5) is 0. The Morgan fingerprint density at radius 2 is 1.50 bits per heavy atom. The maximum Gasteiger partial charge on any atom is 0.229 e. The fourth-order valence-electron chi connectivity index (χ4n) is 2.33. The summed E-state index contributed by atoms with van der Waals surface area (Å²) in [7, 11) is -0.332. The van der Waals surface area contributed by atoms with Gasteiger partial charge in [-0.05, 0) is 36.3 Å². The van der Waals surface area contributed by atoms with Gasteiger partial charge in [0.15, 0.2) is 0 Å². The molecule has 0 heterocycles. The summed E-state index contributed by atoms with van der Waals surface area (Å²) < 4.78 is 6.36. The van der Waals surface area contributed by atoms with E-state index in [1.807, 2.05) is 0 Å². The van der Waals surface area contributed by atoms with Crippen LogP contribution in [-0.4, -0.2) is 22.1 Å². The molecule has 4 heteroatoms. The summed E-state index contributed by atoms with van der Waals surface area (Å²) in [5, 5.41) is 0.439. The van der Waals surface area contributed by atoms with Crippen molar-refractivity contribution in [3.05, 3.63) is 0 Å². The molecular formula is C14H34OSSi2. The molecule has 0 aliphatic rings. The SMILES string of the molecule is CC(C)O[Si](S)(CC(C)(C)C)[SiH2]C(C)(C)C(C)C. The third kappa shape index (κ3) is 7.36. The van der Waals surface area contributed by atoms with Crippen molar-refractivity contribution in [1.29, 1.82) is 0 Å². The van der Waals surface area contributed by atoms with Crippen LogP contribution in [0.15, 0.2) is 0 Å². The van der Waals surface area contributed by atoms with Crippen molar-refractivity contribution >= 4 is 28.1 Å². The first-order valence-corrected chi connectivity index (χ1v) is 13.6. The van der Waals surface area contributed by atoms with Crippen LogP contribution in [0.5, 0.6) is 0 Å². The second-order valence-corrected chi connectivity index (χ2v) is 21.5. The van der Waals surface area contributed by atoms with Crippen LogP contribution in [-0.2, 0) is 4.43 Å². The highest BCUT2D eigenvalue weighted by molar-refractivity contribution is 8.19. The standard InChI is InChI=1S/C14H34OSSi2/c1-11(2)14(8,9)17-18(16,15-12(3)4)10-13(5,6)7/h11-12,16H,10,17H2,1-9H3. The third-order valence-corrected chi connectivity index (χ3v) is 16.2. The molecular weight excluding hydrogens is 272 g/mol. The van der Waals surface area contributed by atoms with E-state index in [-0.39, 0.29) is 9.04 Å². The van der Waals surface area contributed by atoms with Gasteiger partial charge < -0.3 is 4.43 Å². The second-order valence-electron chi connectivity index (χ2n) is 8.17. The molecule has 0 aromatic carbocycles. The number of hydrogen-bond acceptors (Lipinski definition) is 2. The van der Waals surface area contributed by atoms with Crippen LogP contribution in [0.3, 0.4) is 0 Å². The van der Waals surface area contributed by atoms with Gasteiger partial charge >= 0.3 is 0 Å². The molecule has 1 atom stereocenters. The van der Waals surface area contributed by atoms with E-state index < -0.39 is 6.98 Å². The fraction of sp³-hybridized carbons (Fsp3) is 1.00. The molecule has 1 nitrogen and oxygen atoms in total. The molecule has 0 aliphatic carbocycles. The number of thiol groups is 1. The highest BCUT2D eigenvalue weighted by Gasteiger charge is 2.42. The Morgan fingerprint density at radius 3 is 1.78 bits per heavy atom. The highest BCUT2D eigenvalue weighted by Crippen LogP contribution is 2.40. The molecule has 0 fully saturated rings. The lowest BCUT2D eigenvalue weighted by Gasteiger charge is -2.40. The molecule has 0 aliphatic heterocycles. The van der Waals surface area contributed by atoms with Gasteiger partial charge in [-0.25, -0.2) is 0 Å². The Kier molecular flexibility index (Phi) is 6.73. The molecule has 0 bridgehead atoms. The summed E-state index contributed by atoms with van der Waals surface area (Å²) in [6.07, 6.45) is 0.312. The van der Waals surface area contributed by atoms with Gasteiger partial charge in [0.1, 0.15) is 0 Å². The Morgan fingerprint density at radius 1 is 1.06 bits per heavy atom. The van der Waals surface area contributed by atoms with Crippen molar-refractivity contribution in [2.45, 2.75) is 79.5 Å². The van der Waals surface area contributed by atoms with Crippen LogP contribution in [0.4, 0.5) is 0 Å². The highest BCUT2D eigenvalue weighted by atomic mass is 32.3. The van der Waals surface area contributed by atoms with Crippen molar-refractivity contribution < 1.29 is 4.43 Å². The first-order valence-electron chi connectivity index (χ1n) is 7.18. The van der Waals surface area contributed by atoms with Crippen LogP contribution in [0, 0.1) is 11.3 Å². The van der Waals surface area contributed by atoms with Crippen molar-refractivity contribution in [3.8, 4) is 0 Å². The molecule has 0 amide bonds. The Bertz CT molecular complexity index is 259. The third-order valence-electron chi connectivity index (χ3n) is 3.56. The summed E-state index contributed by atoms with van der Waals surface area (Å²) in [6, 6.07) is 1.17. The first kappa shape index (κ1) is 18.7. The van der Waals surface area contributed by atoms with Gasteiger partial charge in [-0.2, -0.15) is 12.1 Å². The average Bonchev–Trinajstić information content (AvgIpc) is 1.94. The Hall–Kier alpha value is 0.744. The predicted molar refractivity (Wildman–Crippen MR) is 92.6 cm³/mol. The normalized spacial score (nSPS) is 18.0. The van der Waals surface area contributed by atoms with Crippen molar-refractivity contribution in [3.63, 3.8) is 0 Å². The zero-order chi connectivity index (χ0) is 14.8. The summed E-state index contributed by atoms with van der Waals surface area (Å²) in [5.74, 6) is 0.721. The molecule has 0 aromatic heterocycles. The van der Waals surface area contributed by atoms with E-state index in [4.69, 9.17) is 16.5 Å². The van der Waals surface area contributed by atoms with Gasteiger partial charge in [-0.1, -0.05) is 48.5 Å². The number of rotatable bonds is 6. The van der Waals surface area contributed by atoms with Crippen LogP contribution in [0.1, 0.15) is 62.3 Å². The monoisotopic (exact) mass is 306 g/mol. The van der Waals surface area contributed by atoms with E-state index in [0.29, 0.717) is 16.6 Å². The molecule has 0 N–H and O–H groups in total. The molecule has 1 unspecified atom stereocenters. The lowest BCUT2D eigenvalue weighted by atomic mass is 9.99. The van der Waals surface area contributed by atoms with E-state index in [1.165, 1.54) is 6.04 Å². The fourth-order valence-corrected chi connectivity index (χ4v) is 22.1. The Labute approximate surface area is 123 Å². The van der Waals surface area contributed by atoms with Gasteiger partial charge in [0, 0.05) is 6.10 Å². The molecule has 0 rings (SSSR count). The largest absolute Gasteiger partial charge is 0.408 e. The average molecular weight is 307 g/mol. The summed E-state index contributed by atoms with van der Waals surface area (Å²) >= 11 is 5.12. The van der Waals surface area contributed by atoms with Crippen LogP contribution >= 0.6 is 12.1 Å². The lowest BCUT2D eigenvalue weighted by Crippen LogP contribution is -2.49. The summed E-state index contributed by atoms with van der Waals surface area (Å²) in [6.45, 7) is 18.9. The van der Waals surface area contributed by atoms with Gasteiger partial charge in [-0.3, -0.25) is 0 Å². The van der Waals surface area contributed by atoms with E-state index in [2.05, 4.69) is 62.3 Å². The van der Waals surface area contributed by atoms with E-state index in [0.717, 1.165) is 5.92 Å². The quantitative estimate of drug-likeness (QED) is 0.567. The molecule has 18 heavy (non-hydrogen) atoms. The lowest BCUT2D eigenvalue weighted by molar-refractivity contribution is 0.238.